The number of hydrogen-bond donors (Lipinski definition) is 1. The number of halogens is 2. The lowest BCUT2D eigenvalue weighted by atomic mass is 10.2. The lowest BCUT2D eigenvalue weighted by molar-refractivity contribution is 0.0601. The van der Waals surface area contributed by atoms with Crippen LogP contribution in [0.2, 0.25) is 5.02 Å². The van der Waals surface area contributed by atoms with Crippen LogP contribution in [0.3, 0.4) is 0 Å². The second-order valence-electron chi connectivity index (χ2n) is 2.32. The van der Waals surface area contributed by atoms with Gasteiger partial charge < -0.3 is 10.5 Å². The highest BCUT2D eigenvalue weighted by Gasteiger charge is 2.17. The summed E-state index contributed by atoms with van der Waals surface area (Å²) in [5.74, 6) is -1.45. The first-order valence-electron chi connectivity index (χ1n) is 3.39. The third-order valence-electron chi connectivity index (χ3n) is 1.52. The second kappa shape index (κ2) is 3.62. The predicted molar refractivity (Wildman–Crippen MR) is 47.2 cm³/mol. The maximum Gasteiger partial charge on any atom is 0.341 e. The minimum atomic E-state index is -0.748. The highest BCUT2D eigenvalue weighted by atomic mass is 35.5. The quantitative estimate of drug-likeness (QED) is 0.560. The molecule has 1 aromatic carbocycles. The fourth-order valence-corrected chi connectivity index (χ4v) is 1.12. The Labute approximate surface area is 79.2 Å². The minimum absolute atomic E-state index is 0.0956. The summed E-state index contributed by atoms with van der Waals surface area (Å²) in [4.78, 5) is 11.1. The summed E-state index contributed by atoms with van der Waals surface area (Å²) in [6.45, 7) is 0. The van der Waals surface area contributed by atoms with Crippen LogP contribution >= 0.6 is 11.6 Å². The van der Waals surface area contributed by atoms with Crippen molar-refractivity contribution in [2.45, 2.75) is 0 Å². The molecule has 0 saturated heterocycles. The summed E-state index contributed by atoms with van der Waals surface area (Å²) in [7, 11) is 1.17. The number of nitrogen functional groups attached to an aromatic ring is 1. The van der Waals surface area contributed by atoms with Crippen LogP contribution in [0.1, 0.15) is 10.4 Å². The van der Waals surface area contributed by atoms with E-state index in [2.05, 4.69) is 4.74 Å². The van der Waals surface area contributed by atoms with Crippen LogP contribution in [-0.2, 0) is 4.74 Å². The normalized spacial score (nSPS) is 9.77. The molecule has 1 rings (SSSR count). The summed E-state index contributed by atoms with van der Waals surface area (Å²) >= 11 is 5.52. The molecule has 0 aliphatic rings. The summed E-state index contributed by atoms with van der Waals surface area (Å²) in [6.07, 6.45) is 0. The van der Waals surface area contributed by atoms with Crippen molar-refractivity contribution in [3.8, 4) is 0 Å². The van der Waals surface area contributed by atoms with Gasteiger partial charge in [-0.15, -0.1) is 0 Å². The first-order chi connectivity index (χ1) is 6.07. The van der Waals surface area contributed by atoms with E-state index in [-0.39, 0.29) is 16.3 Å². The van der Waals surface area contributed by atoms with Crippen molar-refractivity contribution in [2.75, 3.05) is 12.8 Å². The molecule has 1 aromatic rings. The molecule has 3 nitrogen and oxygen atoms in total. The molecule has 0 radical (unpaired) electrons. The van der Waals surface area contributed by atoms with Crippen molar-refractivity contribution in [1.29, 1.82) is 0 Å². The molecule has 0 heterocycles. The van der Waals surface area contributed by atoms with Crippen LogP contribution in [0.25, 0.3) is 0 Å². The number of ether oxygens (including phenoxy) is 1. The van der Waals surface area contributed by atoms with E-state index in [1.807, 2.05) is 0 Å². The number of esters is 1. The molecule has 0 unspecified atom stereocenters. The average Bonchev–Trinajstić information content (AvgIpc) is 2.12. The molecule has 0 aromatic heterocycles. The lowest BCUT2D eigenvalue weighted by Crippen LogP contribution is -2.07. The van der Waals surface area contributed by atoms with Crippen LogP contribution in [0, 0.1) is 5.82 Å². The highest BCUT2D eigenvalue weighted by molar-refractivity contribution is 6.34. The smallest absolute Gasteiger partial charge is 0.341 e. The number of hydrogen-bond acceptors (Lipinski definition) is 3. The number of methoxy groups -OCH3 is 1. The van der Waals surface area contributed by atoms with Gasteiger partial charge in [-0.1, -0.05) is 11.6 Å². The molecule has 70 valence electrons. The SMILES string of the molecule is COC(=O)c1c(N)ccc(F)c1Cl. The number of carbonyl (C=O) groups is 1. The van der Waals surface area contributed by atoms with E-state index >= 15 is 0 Å². The van der Waals surface area contributed by atoms with E-state index < -0.39 is 11.8 Å². The van der Waals surface area contributed by atoms with Gasteiger partial charge >= 0.3 is 5.97 Å². The molecule has 0 amide bonds. The lowest BCUT2D eigenvalue weighted by Gasteiger charge is -2.05. The molecular formula is C8H7ClFNO2. The van der Waals surface area contributed by atoms with Gasteiger partial charge in [0.05, 0.1) is 12.1 Å². The van der Waals surface area contributed by atoms with Crippen LogP contribution in [-0.4, -0.2) is 13.1 Å². The molecule has 0 saturated carbocycles. The van der Waals surface area contributed by atoms with E-state index in [0.29, 0.717) is 0 Å². The van der Waals surface area contributed by atoms with Gasteiger partial charge in [0.2, 0.25) is 0 Å². The highest BCUT2D eigenvalue weighted by Crippen LogP contribution is 2.25. The molecule has 2 N–H and O–H groups in total. The number of carbonyl (C=O) groups excluding carboxylic acids is 1. The molecule has 0 aliphatic carbocycles. The van der Waals surface area contributed by atoms with Gasteiger partial charge in [0, 0.05) is 5.69 Å². The van der Waals surface area contributed by atoms with Gasteiger partial charge in [0.25, 0.3) is 0 Å². The summed E-state index contributed by atoms with van der Waals surface area (Å²) in [6, 6.07) is 2.34. The van der Waals surface area contributed by atoms with E-state index in [1.165, 1.54) is 13.2 Å². The summed E-state index contributed by atoms with van der Waals surface area (Å²) in [5, 5.41) is -0.313. The van der Waals surface area contributed by atoms with E-state index in [0.717, 1.165) is 6.07 Å². The van der Waals surface area contributed by atoms with Gasteiger partial charge in [0.1, 0.15) is 11.4 Å². The number of anilines is 1. The fourth-order valence-electron chi connectivity index (χ4n) is 0.875. The van der Waals surface area contributed by atoms with Crippen molar-refractivity contribution in [1.82, 2.24) is 0 Å². The van der Waals surface area contributed by atoms with Gasteiger partial charge in [-0.3, -0.25) is 0 Å². The Morgan fingerprint density at radius 3 is 2.77 bits per heavy atom. The Balaban J connectivity index is 3.33. The Bertz CT molecular complexity index is 354. The average molecular weight is 204 g/mol. The summed E-state index contributed by atoms with van der Waals surface area (Å²) in [5.41, 5.74) is 5.38. The third kappa shape index (κ3) is 1.72. The van der Waals surface area contributed by atoms with Crippen molar-refractivity contribution >= 4 is 23.3 Å². The maximum atomic E-state index is 12.9. The predicted octanol–water partition coefficient (Wildman–Crippen LogP) is 1.85. The number of benzene rings is 1. The molecule has 13 heavy (non-hydrogen) atoms. The van der Waals surface area contributed by atoms with Crippen LogP contribution < -0.4 is 5.73 Å². The van der Waals surface area contributed by atoms with Gasteiger partial charge in [-0.25, -0.2) is 9.18 Å². The van der Waals surface area contributed by atoms with Crippen molar-refractivity contribution in [3.63, 3.8) is 0 Å². The van der Waals surface area contributed by atoms with Gasteiger partial charge in [-0.05, 0) is 12.1 Å². The largest absolute Gasteiger partial charge is 0.465 e. The van der Waals surface area contributed by atoms with Gasteiger partial charge in [0.15, 0.2) is 0 Å². The number of rotatable bonds is 1. The molecule has 0 atom stereocenters. The topological polar surface area (TPSA) is 52.3 Å². The monoisotopic (exact) mass is 203 g/mol. The Kier molecular flexibility index (Phi) is 2.72. The number of nitrogens with two attached hydrogens (primary N) is 1. The van der Waals surface area contributed by atoms with Crippen LogP contribution in [0.4, 0.5) is 10.1 Å². The first kappa shape index (κ1) is 9.80. The van der Waals surface area contributed by atoms with Crippen molar-refractivity contribution in [2.24, 2.45) is 0 Å². The molecule has 0 bridgehead atoms. The van der Waals surface area contributed by atoms with Crippen molar-refractivity contribution < 1.29 is 13.9 Å². The molecule has 0 aliphatic heterocycles. The minimum Gasteiger partial charge on any atom is -0.465 e. The zero-order chi connectivity index (χ0) is 10.0. The summed E-state index contributed by atoms with van der Waals surface area (Å²) < 4.78 is 17.2. The molecule has 5 heteroatoms. The molecule has 0 fully saturated rings. The second-order valence-corrected chi connectivity index (χ2v) is 2.70. The zero-order valence-electron chi connectivity index (χ0n) is 6.80. The Morgan fingerprint density at radius 1 is 1.62 bits per heavy atom. The van der Waals surface area contributed by atoms with Gasteiger partial charge in [-0.2, -0.15) is 0 Å². The standard InChI is InChI=1S/C8H7ClFNO2/c1-13-8(12)6-5(11)3-2-4(10)7(6)9/h2-3H,11H2,1H3. The molecular weight excluding hydrogens is 197 g/mol. The van der Waals surface area contributed by atoms with Crippen LogP contribution in [0.15, 0.2) is 12.1 Å². The van der Waals surface area contributed by atoms with E-state index in [4.69, 9.17) is 17.3 Å². The fraction of sp³-hybridized carbons (Fsp3) is 0.125. The van der Waals surface area contributed by atoms with Crippen molar-refractivity contribution in [3.05, 3.63) is 28.5 Å². The zero-order valence-corrected chi connectivity index (χ0v) is 7.56. The van der Waals surface area contributed by atoms with Crippen LogP contribution in [0.5, 0.6) is 0 Å². The Morgan fingerprint density at radius 2 is 2.23 bits per heavy atom. The first-order valence-corrected chi connectivity index (χ1v) is 3.77. The van der Waals surface area contributed by atoms with E-state index in [1.54, 1.807) is 0 Å². The third-order valence-corrected chi connectivity index (χ3v) is 1.89. The Hall–Kier alpha value is -1.29. The molecule has 0 spiro atoms. The van der Waals surface area contributed by atoms with E-state index in [9.17, 15) is 9.18 Å². The maximum absolute atomic E-state index is 12.9.